The molecule has 1 aliphatic rings. The van der Waals surface area contributed by atoms with Crippen LogP contribution in [0.25, 0.3) is 0 Å². The number of hydrogen-bond donors (Lipinski definition) is 0. The van der Waals surface area contributed by atoms with E-state index in [1.54, 1.807) is 30.3 Å². The van der Waals surface area contributed by atoms with E-state index in [0.29, 0.717) is 10.0 Å². The number of carbonyl (C=O) groups is 1. The van der Waals surface area contributed by atoms with Crippen LogP contribution in [0.3, 0.4) is 0 Å². The lowest BCUT2D eigenvalue weighted by Gasteiger charge is -2.28. The topological polar surface area (TPSA) is 63.7 Å². The second-order valence-corrected chi connectivity index (χ2v) is 8.93. The van der Waals surface area contributed by atoms with E-state index in [4.69, 9.17) is 4.18 Å². The summed E-state index contributed by atoms with van der Waals surface area (Å²) in [6, 6.07) is 12.7. The van der Waals surface area contributed by atoms with Crippen LogP contribution in [0.15, 0.2) is 57.9 Å². The molecule has 0 N–H and O–H groups in total. The van der Waals surface area contributed by atoms with Gasteiger partial charge < -0.3 is 9.08 Å². The number of benzene rings is 2. The van der Waals surface area contributed by atoms with Gasteiger partial charge in [0.1, 0.15) is 10.6 Å². The fourth-order valence-corrected chi connectivity index (χ4v) is 4.53. The number of ketones is 1. The highest BCUT2D eigenvalue weighted by Crippen LogP contribution is 2.25. The standard InChI is InChI=1S/C19H20BrNO4S/c1-21-10-8-14(9-11-21)19(22)15-4-2-6-17(12-15)25-26(23,24)18-7-3-5-16(20)13-18/h2-7,12-14H,8-11H2,1H3. The highest BCUT2D eigenvalue weighted by molar-refractivity contribution is 9.10. The Bertz CT molecular complexity index is 905. The van der Waals surface area contributed by atoms with Crippen molar-refractivity contribution >= 4 is 31.8 Å². The zero-order valence-corrected chi connectivity index (χ0v) is 16.8. The number of nitrogens with zero attached hydrogens (tertiary/aromatic N) is 1. The van der Waals surface area contributed by atoms with Crippen LogP contribution in [0.4, 0.5) is 0 Å². The normalized spacial score (nSPS) is 16.4. The molecule has 0 bridgehead atoms. The molecule has 1 fully saturated rings. The first-order valence-electron chi connectivity index (χ1n) is 8.38. The van der Waals surface area contributed by atoms with Crippen molar-refractivity contribution in [3.05, 3.63) is 58.6 Å². The second kappa shape index (κ2) is 7.90. The minimum absolute atomic E-state index is 0.0249. The van der Waals surface area contributed by atoms with Crippen molar-refractivity contribution in [3.63, 3.8) is 0 Å². The molecule has 2 aromatic rings. The number of rotatable bonds is 5. The molecule has 5 nitrogen and oxygen atoms in total. The third kappa shape index (κ3) is 4.52. The highest BCUT2D eigenvalue weighted by atomic mass is 79.9. The van der Waals surface area contributed by atoms with E-state index in [-0.39, 0.29) is 22.3 Å². The summed E-state index contributed by atoms with van der Waals surface area (Å²) in [5.41, 5.74) is 0.487. The lowest BCUT2D eigenvalue weighted by atomic mass is 9.89. The van der Waals surface area contributed by atoms with Crippen LogP contribution in [0.1, 0.15) is 23.2 Å². The molecule has 7 heteroatoms. The molecule has 0 aliphatic carbocycles. The first-order chi connectivity index (χ1) is 12.3. The summed E-state index contributed by atoms with van der Waals surface area (Å²) in [6.07, 6.45) is 1.63. The fraction of sp³-hybridized carbons (Fsp3) is 0.316. The Hall–Kier alpha value is -1.70. The number of hydrogen-bond acceptors (Lipinski definition) is 5. The monoisotopic (exact) mass is 437 g/mol. The van der Waals surface area contributed by atoms with Gasteiger partial charge in [0.15, 0.2) is 5.78 Å². The van der Waals surface area contributed by atoms with E-state index in [1.807, 2.05) is 7.05 Å². The zero-order chi connectivity index (χ0) is 18.7. The maximum atomic E-state index is 12.7. The third-order valence-electron chi connectivity index (χ3n) is 4.50. The SMILES string of the molecule is CN1CCC(C(=O)c2cccc(OS(=O)(=O)c3cccc(Br)c3)c2)CC1. The zero-order valence-electron chi connectivity index (χ0n) is 14.4. The quantitative estimate of drug-likeness (QED) is 0.526. The number of piperidine rings is 1. The summed E-state index contributed by atoms with van der Waals surface area (Å²) in [7, 11) is -1.91. The lowest BCUT2D eigenvalue weighted by Crippen LogP contribution is -2.33. The van der Waals surface area contributed by atoms with Gasteiger partial charge in [0.25, 0.3) is 0 Å². The van der Waals surface area contributed by atoms with E-state index in [9.17, 15) is 13.2 Å². The summed E-state index contributed by atoms with van der Waals surface area (Å²) < 4.78 is 30.8. The fourth-order valence-electron chi connectivity index (χ4n) is 3.00. The first-order valence-corrected chi connectivity index (χ1v) is 10.6. The molecule has 1 saturated heterocycles. The van der Waals surface area contributed by atoms with Crippen molar-refractivity contribution in [1.29, 1.82) is 0 Å². The van der Waals surface area contributed by atoms with Crippen molar-refractivity contribution in [2.24, 2.45) is 5.92 Å². The van der Waals surface area contributed by atoms with Crippen LogP contribution >= 0.6 is 15.9 Å². The van der Waals surface area contributed by atoms with Gasteiger partial charge in [-0.05, 0) is 63.3 Å². The van der Waals surface area contributed by atoms with Crippen LogP contribution in [0, 0.1) is 5.92 Å². The number of Topliss-reactive ketones (excluding diaryl/α,β-unsaturated/α-hetero) is 1. The van der Waals surface area contributed by atoms with E-state index in [0.717, 1.165) is 25.9 Å². The highest BCUT2D eigenvalue weighted by Gasteiger charge is 2.25. The average molecular weight is 438 g/mol. The first kappa shape index (κ1) is 19.1. The average Bonchev–Trinajstić information content (AvgIpc) is 2.62. The smallest absolute Gasteiger partial charge is 0.339 e. The minimum Gasteiger partial charge on any atom is -0.379 e. The lowest BCUT2D eigenvalue weighted by molar-refractivity contribution is 0.0856. The van der Waals surface area contributed by atoms with Crippen LogP contribution in [0.2, 0.25) is 0 Å². The van der Waals surface area contributed by atoms with Crippen LogP contribution < -0.4 is 4.18 Å². The second-order valence-electron chi connectivity index (χ2n) is 6.46. The van der Waals surface area contributed by atoms with E-state index < -0.39 is 10.1 Å². The van der Waals surface area contributed by atoms with Crippen LogP contribution in [-0.2, 0) is 10.1 Å². The van der Waals surface area contributed by atoms with Crippen molar-refractivity contribution < 1.29 is 17.4 Å². The molecule has 0 spiro atoms. The molecule has 0 aromatic heterocycles. The Morgan fingerprint density at radius 1 is 1.12 bits per heavy atom. The Morgan fingerprint density at radius 2 is 1.81 bits per heavy atom. The van der Waals surface area contributed by atoms with Crippen molar-refractivity contribution in [3.8, 4) is 5.75 Å². The largest absolute Gasteiger partial charge is 0.379 e. The maximum Gasteiger partial charge on any atom is 0.339 e. The van der Waals surface area contributed by atoms with Gasteiger partial charge in [-0.2, -0.15) is 8.42 Å². The third-order valence-corrected chi connectivity index (χ3v) is 6.24. The van der Waals surface area contributed by atoms with Gasteiger partial charge in [0.2, 0.25) is 0 Å². The van der Waals surface area contributed by atoms with Crippen LogP contribution in [0.5, 0.6) is 5.75 Å². The molecular weight excluding hydrogens is 418 g/mol. The molecule has 3 rings (SSSR count). The molecular formula is C19H20BrNO4S. The molecule has 0 amide bonds. The van der Waals surface area contributed by atoms with Crippen molar-refractivity contribution in [2.75, 3.05) is 20.1 Å². The van der Waals surface area contributed by atoms with Gasteiger partial charge in [-0.3, -0.25) is 4.79 Å². The number of halogens is 1. The molecule has 26 heavy (non-hydrogen) atoms. The molecule has 0 atom stereocenters. The van der Waals surface area contributed by atoms with Crippen molar-refractivity contribution in [2.45, 2.75) is 17.7 Å². The van der Waals surface area contributed by atoms with Gasteiger partial charge >= 0.3 is 10.1 Å². The maximum absolute atomic E-state index is 12.7. The van der Waals surface area contributed by atoms with Crippen molar-refractivity contribution in [1.82, 2.24) is 4.90 Å². The summed E-state index contributed by atoms with van der Waals surface area (Å²) in [6.45, 7) is 1.79. The van der Waals surface area contributed by atoms with E-state index in [1.165, 1.54) is 18.2 Å². The minimum atomic E-state index is -3.96. The number of carbonyl (C=O) groups excluding carboxylic acids is 1. The molecule has 138 valence electrons. The molecule has 0 saturated carbocycles. The number of likely N-dealkylation sites (tertiary alicyclic amines) is 1. The van der Waals surface area contributed by atoms with E-state index in [2.05, 4.69) is 20.8 Å². The molecule has 1 aliphatic heterocycles. The molecule has 0 radical (unpaired) electrons. The summed E-state index contributed by atoms with van der Waals surface area (Å²) in [5, 5.41) is 0. The Morgan fingerprint density at radius 3 is 2.50 bits per heavy atom. The van der Waals surface area contributed by atoms with Gasteiger partial charge in [-0.1, -0.05) is 34.1 Å². The predicted molar refractivity (Wildman–Crippen MR) is 103 cm³/mol. The van der Waals surface area contributed by atoms with Crippen LogP contribution in [-0.4, -0.2) is 39.2 Å². The predicted octanol–water partition coefficient (Wildman–Crippen LogP) is 3.74. The Kier molecular flexibility index (Phi) is 5.79. The molecule has 0 unspecified atom stereocenters. The van der Waals surface area contributed by atoms with E-state index >= 15 is 0 Å². The molecule has 1 heterocycles. The van der Waals surface area contributed by atoms with Gasteiger partial charge in [0.05, 0.1) is 0 Å². The Labute approximate surface area is 162 Å². The summed E-state index contributed by atoms with van der Waals surface area (Å²) in [5.74, 6) is 0.162. The van der Waals surface area contributed by atoms with Gasteiger partial charge in [-0.25, -0.2) is 0 Å². The van der Waals surface area contributed by atoms with Gasteiger partial charge in [0, 0.05) is 16.0 Å². The van der Waals surface area contributed by atoms with Gasteiger partial charge in [-0.15, -0.1) is 0 Å². The molecule has 2 aromatic carbocycles. The Balaban J connectivity index is 1.78. The summed E-state index contributed by atoms with van der Waals surface area (Å²) >= 11 is 3.25. The summed E-state index contributed by atoms with van der Waals surface area (Å²) in [4.78, 5) is 15.0.